The number of benzene rings is 1. The summed E-state index contributed by atoms with van der Waals surface area (Å²) in [7, 11) is 1.59. The van der Waals surface area contributed by atoms with Crippen LogP contribution in [0.4, 0.5) is 0 Å². The van der Waals surface area contributed by atoms with Crippen molar-refractivity contribution in [2.24, 2.45) is 5.73 Å². The topological polar surface area (TPSA) is 81.8 Å². The van der Waals surface area contributed by atoms with Crippen molar-refractivity contribution in [3.05, 3.63) is 22.2 Å². The number of hydrogen-bond donors (Lipinski definition) is 2. The van der Waals surface area contributed by atoms with Crippen LogP contribution < -0.4 is 15.2 Å². The molecule has 6 heteroatoms. The van der Waals surface area contributed by atoms with Crippen molar-refractivity contribution in [2.45, 2.75) is 44.2 Å². The minimum absolute atomic E-state index is 0.203. The Morgan fingerprint density at radius 1 is 1.48 bits per heavy atom. The number of halogens is 1. The molecule has 0 aliphatic heterocycles. The number of rotatable bonds is 6. The van der Waals surface area contributed by atoms with Crippen LogP contribution >= 0.6 is 15.9 Å². The van der Waals surface area contributed by atoms with Gasteiger partial charge in [0.25, 0.3) is 0 Å². The Bertz CT molecular complexity index is 515. The van der Waals surface area contributed by atoms with Gasteiger partial charge in [-0.1, -0.05) is 0 Å². The first-order valence-electron chi connectivity index (χ1n) is 7.02. The molecular weight excluding hydrogens is 338 g/mol. The smallest absolute Gasteiger partial charge is 0.320 e. The molecule has 1 saturated carbocycles. The number of carbonyl (C=O) groups is 1. The molecule has 0 radical (unpaired) electrons. The predicted molar refractivity (Wildman–Crippen MR) is 82.9 cm³/mol. The van der Waals surface area contributed by atoms with Gasteiger partial charge >= 0.3 is 5.97 Å². The molecular formula is C15H20BrNO4. The van der Waals surface area contributed by atoms with E-state index in [1.165, 1.54) is 12.8 Å². The first kappa shape index (κ1) is 16.1. The zero-order valence-corrected chi connectivity index (χ0v) is 13.6. The maximum atomic E-state index is 10.9. The minimum atomic E-state index is -1.01. The molecule has 0 spiro atoms. The molecule has 1 fully saturated rings. The maximum absolute atomic E-state index is 10.9. The summed E-state index contributed by atoms with van der Waals surface area (Å²) >= 11 is 3.44. The lowest BCUT2D eigenvalue weighted by Gasteiger charge is -2.18. The average Bonchev–Trinajstić information content (AvgIpc) is 2.91. The van der Waals surface area contributed by atoms with Gasteiger partial charge in [0.15, 0.2) is 11.5 Å². The van der Waals surface area contributed by atoms with Crippen LogP contribution in [0.5, 0.6) is 11.5 Å². The van der Waals surface area contributed by atoms with E-state index < -0.39 is 12.0 Å². The molecule has 5 nitrogen and oxygen atoms in total. The molecule has 1 aliphatic rings. The lowest BCUT2D eigenvalue weighted by Crippen LogP contribution is -2.32. The van der Waals surface area contributed by atoms with Crippen molar-refractivity contribution >= 4 is 21.9 Å². The SMILES string of the molecule is COc1c(Br)cc(CC(N)C(=O)O)cc1OC1CCCC1. The highest BCUT2D eigenvalue weighted by atomic mass is 79.9. The lowest BCUT2D eigenvalue weighted by molar-refractivity contribution is -0.138. The third-order valence-corrected chi connectivity index (χ3v) is 4.23. The molecule has 1 atom stereocenters. The van der Waals surface area contributed by atoms with Crippen LogP contribution in [0.15, 0.2) is 16.6 Å². The molecule has 2 rings (SSSR count). The van der Waals surface area contributed by atoms with Crippen LogP contribution in [0.25, 0.3) is 0 Å². The molecule has 0 heterocycles. The van der Waals surface area contributed by atoms with Gasteiger partial charge in [-0.25, -0.2) is 0 Å². The third kappa shape index (κ3) is 4.11. The van der Waals surface area contributed by atoms with Crippen molar-refractivity contribution < 1.29 is 19.4 Å². The fourth-order valence-corrected chi connectivity index (χ4v) is 3.20. The molecule has 116 valence electrons. The van der Waals surface area contributed by atoms with Gasteiger partial charge in [0.1, 0.15) is 6.04 Å². The van der Waals surface area contributed by atoms with Gasteiger partial charge in [-0.05, 0) is 65.7 Å². The highest BCUT2D eigenvalue weighted by Crippen LogP contribution is 2.38. The largest absolute Gasteiger partial charge is 0.492 e. The average molecular weight is 358 g/mol. The molecule has 21 heavy (non-hydrogen) atoms. The summed E-state index contributed by atoms with van der Waals surface area (Å²) in [6.07, 6.45) is 4.89. The maximum Gasteiger partial charge on any atom is 0.320 e. The van der Waals surface area contributed by atoms with Crippen LogP contribution in [-0.2, 0) is 11.2 Å². The fraction of sp³-hybridized carbons (Fsp3) is 0.533. The van der Waals surface area contributed by atoms with E-state index in [0.29, 0.717) is 11.5 Å². The highest BCUT2D eigenvalue weighted by Gasteiger charge is 2.21. The number of hydrogen-bond acceptors (Lipinski definition) is 4. The quantitative estimate of drug-likeness (QED) is 0.817. The summed E-state index contributed by atoms with van der Waals surface area (Å²) in [6.45, 7) is 0. The van der Waals surface area contributed by atoms with Gasteiger partial charge in [-0.15, -0.1) is 0 Å². The van der Waals surface area contributed by atoms with Gasteiger partial charge in [0, 0.05) is 0 Å². The van der Waals surface area contributed by atoms with Crippen molar-refractivity contribution in [1.29, 1.82) is 0 Å². The Hall–Kier alpha value is -1.27. The standard InChI is InChI=1S/C15H20BrNO4/c1-20-14-11(16)6-9(7-12(17)15(18)19)8-13(14)21-10-4-2-3-5-10/h6,8,10,12H,2-5,7,17H2,1H3,(H,18,19). The molecule has 0 saturated heterocycles. The summed E-state index contributed by atoms with van der Waals surface area (Å²) < 4.78 is 12.1. The van der Waals surface area contributed by atoms with E-state index in [-0.39, 0.29) is 12.5 Å². The van der Waals surface area contributed by atoms with Crippen LogP contribution in [0, 0.1) is 0 Å². The Kier molecular flexibility index (Phi) is 5.47. The first-order valence-corrected chi connectivity index (χ1v) is 7.82. The Morgan fingerprint density at radius 2 is 2.14 bits per heavy atom. The van der Waals surface area contributed by atoms with Gasteiger partial charge in [0.05, 0.1) is 17.7 Å². The third-order valence-electron chi connectivity index (χ3n) is 3.64. The number of aliphatic carboxylic acids is 1. The number of carboxylic acid groups (broad SMARTS) is 1. The van der Waals surface area contributed by atoms with E-state index >= 15 is 0 Å². The van der Waals surface area contributed by atoms with Crippen LogP contribution in [0.3, 0.4) is 0 Å². The molecule has 1 aliphatic carbocycles. The zero-order chi connectivity index (χ0) is 15.4. The van der Waals surface area contributed by atoms with Gasteiger partial charge in [-0.3, -0.25) is 4.79 Å². The number of carboxylic acids is 1. The van der Waals surface area contributed by atoms with Gasteiger partial charge in [0.2, 0.25) is 0 Å². The van der Waals surface area contributed by atoms with Crippen molar-refractivity contribution in [1.82, 2.24) is 0 Å². The fourth-order valence-electron chi connectivity index (χ4n) is 2.55. The monoisotopic (exact) mass is 357 g/mol. The minimum Gasteiger partial charge on any atom is -0.492 e. The molecule has 1 aromatic rings. The summed E-state index contributed by atoms with van der Waals surface area (Å²) in [4.78, 5) is 10.9. The summed E-state index contributed by atoms with van der Waals surface area (Å²) in [6, 6.07) is 2.72. The molecule has 0 bridgehead atoms. The molecule has 0 amide bonds. The van der Waals surface area contributed by atoms with E-state index in [9.17, 15) is 4.79 Å². The summed E-state index contributed by atoms with van der Waals surface area (Å²) in [5.74, 6) is 0.265. The second-order valence-corrected chi connectivity index (χ2v) is 6.14. The predicted octanol–water partition coefficient (Wildman–Crippen LogP) is 2.73. The van der Waals surface area contributed by atoms with E-state index in [2.05, 4.69) is 15.9 Å². The Labute approximate surface area is 132 Å². The van der Waals surface area contributed by atoms with Crippen molar-refractivity contribution in [3.63, 3.8) is 0 Å². The van der Waals surface area contributed by atoms with Crippen LogP contribution in [0.1, 0.15) is 31.2 Å². The number of ether oxygens (including phenoxy) is 2. The zero-order valence-electron chi connectivity index (χ0n) is 12.0. The van der Waals surface area contributed by atoms with Crippen molar-refractivity contribution in [3.8, 4) is 11.5 Å². The van der Waals surface area contributed by atoms with Crippen LogP contribution in [0.2, 0.25) is 0 Å². The number of nitrogens with two attached hydrogens (primary N) is 1. The molecule has 1 aromatic carbocycles. The second kappa shape index (κ2) is 7.13. The molecule has 1 unspecified atom stereocenters. The van der Waals surface area contributed by atoms with Gasteiger partial charge in [-0.2, -0.15) is 0 Å². The van der Waals surface area contributed by atoms with E-state index in [1.54, 1.807) is 7.11 Å². The van der Waals surface area contributed by atoms with E-state index in [1.807, 2.05) is 12.1 Å². The van der Waals surface area contributed by atoms with Crippen LogP contribution in [-0.4, -0.2) is 30.3 Å². The molecule has 3 N–H and O–H groups in total. The normalized spacial score (nSPS) is 16.7. The van der Waals surface area contributed by atoms with E-state index in [4.69, 9.17) is 20.3 Å². The highest BCUT2D eigenvalue weighted by molar-refractivity contribution is 9.10. The number of methoxy groups -OCH3 is 1. The first-order chi connectivity index (χ1) is 10.0. The van der Waals surface area contributed by atoms with Crippen molar-refractivity contribution in [2.75, 3.05) is 7.11 Å². The summed E-state index contributed by atoms with van der Waals surface area (Å²) in [5, 5.41) is 8.92. The van der Waals surface area contributed by atoms with E-state index in [0.717, 1.165) is 22.9 Å². The Balaban J connectivity index is 2.23. The lowest BCUT2D eigenvalue weighted by atomic mass is 10.1. The second-order valence-electron chi connectivity index (χ2n) is 5.28. The Morgan fingerprint density at radius 3 is 2.71 bits per heavy atom. The van der Waals surface area contributed by atoms with Gasteiger partial charge < -0.3 is 20.3 Å². The molecule has 0 aromatic heterocycles. The summed E-state index contributed by atoms with van der Waals surface area (Å²) in [5.41, 5.74) is 6.41.